The van der Waals surface area contributed by atoms with E-state index in [0.717, 1.165) is 11.1 Å². The van der Waals surface area contributed by atoms with Gasteiger partial charge in [-0.25, -0.2) is 0 Å². The van der Waals surface area contributed by atoms with Gasteiger partial charge in [-0.05, 0) is 18.1 Å². The summed E-state index contributed by atoms with van der Waals surface area (Å²) in [6, 6.07) is 19.4. The lowest BCUT2D eigenvalue weighted by Gasteiger charge is -2.36. The number of carboxylic acids is 1. The second-order valence-corrected chi connectivity index (χ2v) is 5.56. The molecule has 0 heterocycles. The average Bonchev–Trinajstić information content (AvgIpc) is 2.55. The van der Waals surface area contributed by atoms with E-state index in [1.165, 1.54) is 0 Å². The molecule has 2 rings (SSSR count). The van der Waals surface area contributed by atoms with Crippen LogP contribution in [0, 0.1) is 0 Å². The van der Waals surface area contributed by atoms with Crippen molar-refractivity contribution in [3.05, 3.63) is 71.8 Å². The molecule has 0 aromatic heterocycles. The lowest BCUT2D eigenvalue weighted by Crippen LogP contribution is -2.54. The minimum absolute atomic E-state index is 0.442. The fourth-order valence-electron chi connectivity index (χ4n) is 2.32. The molecule has 1 unspecified atom stereocenters. The number of aliphatic hydroxyl groups excluding tert-OH is 1. The average molecular weight is 299 g/mol. The molecular formula is C18H21NO3. The normalized spacial score (nSPS) is 13.8. The van der Waals surface area contributed by atoms with E-state index >= 15 is 0 Å². The highest BCUT2D eigenvalue weighted by atomic mass is 16.4. The number of carbonyl (C=O) groups is 1. The predicted octanol–water partition coefficient (Wildman–Crippen LogP) is 2.52. The third kappa shape index (κ3) is 3.72. The molecule has 0 aliphatic rings. The Kier molecular flexibility index (Phi) is 5.31. The van der Waals surface area contributed by atoms with E-state index in [9.17, 15) is 15.0 Å². The smallest absolute Gasteiger partial charge is 0.326 e. The maximum absolute atomic E-state index is 11.7. The first kappa shape index (κ1) is 16.2. The molecule has 22 heavy (non-hydrogen) atoms. The minimum atomic E-state index is -1.33. The first-order valence-electron chi connectivity index (χ1n) is 7.23. The molecule has 2 N–H and O–H groups in total. The van der Waals surface area contributed by atoms with Gasteiger partial charge in [-0.2, -0.15) is 0 Å². The maximum atomic E-state index is 11.7. The molecule has 0 aliphatic heterocycles. The van der Waals surface area contributed by atoms with Crippen LogP contribution in [-0.2, 0) is 17.9 Å². The van der Waals surface area contributed by atoms with Crippen molar-refractivity contribution in [2.45, 2.75) is 25.6 Å². The topological polar surface area (TPSA) is 60.8 Å². The zero-order chi connectivity index (χ0) is 16.0. The number of benzene rings is 2. The molecule has 0 aliphatic carbocycles. The predicted molar refractivity (Wildman–Crippen MR) is 85.3 cm³/mol. The molecule has 0 spiro atoms. The van der Waals surface area contributed by atoms with Crippen LogP contribution in [0.15, 0.2) is 60.7 Å². The molecule has 0 bridgehead atoms. The van der Waals surface area contributed by atoms with E-state index < -0.39 is 18.1 Å². The van der Waals surface area contributed by atoms with Gasteiger partial charge in [0.05, 0.1) is 6.61 Å². The van der Waals surface area contributed by atoms with Gasteiger partial charge in [0.1, 0.15) is 5.54 Å². The van der Waals surface area contributed by atoms with Crippen molar-refractivity contribution >= 4 is 5.97 Å². The van der Waals surface area contributed by atoms with E-state index in [4.69, 9.17) is 0 Å². The Balaban J connectivity index is 2.29. The zero-order valence-electron chi connectivity index (χ0n) is 12.6. The lowest BCUT2D eigenvalue weighted by atomic mass is 9.99. The van der Waals surface area contributed by atoms with Gasteiger partial charge in [-0.3, -0.25) is 9.69 Å². The van der Waals surface area contributed by atoms with Crippen molar-refractivity contribution in [2.24, 2.45) is 0 Å². The van der Waals surface area contributed by atoms with Crippen molar-refractivity contribution in [1.82, 2.24) is 4.90 Å². The summed E-state index contributed by atoms with van der Waals surface area (Å²) in [7, 11) is 0. The van der Waals surface area contributed by atoms with Gasteiger partial charge in [0.2, 0.25) is 0 Å². The fraction of sp³-hybridized carbons (Fsp3) is 0.278. The third-order valence-corrected chi connectivity index (χ3v) is 3.90. The lowest BCUT2D eigenvalue weighted by molar-refractivity contribution is -0.154. The first-order chi connectivity index (χ1) is 10.6. The molecule has 2 aromatic rings. The molecule has 0 saturated heterocycles. The third-order valence-electron chi connectivity index (χ3n) is 3.90. The maximum Gasteiger partial charge on any atom is 0.326 e. The molecule has 4 heteroatoms. The Labute approximate surface area is 130 Å². The number of carboxylic acid groups (broad SMARTS) is 1. The minimum Gasteiger partial charge on any atom is -0.480 e. The largest absolute Gasteiger partial charge is 0.480 e. The van der Waals surface area contributed by atoms with Crippen molar-refractivity contribution in [1.29, 1.82) is 0 Å². The van der Waals surface area contributed by atoms with Gasteiger partial charge in [-0.15, -0.1) is 0 Å². The number of hydrogen-bond donors (Lipinski definition) is 2. The van der Waals surface area contributed by atoms with Gasteiger partial charge in [0, 0.05) is 13.1 Å². The highest BCUT2D eigenvalue weighted by Gasteiger charge is 2.39. The number of aliphatic carboxylic acids is 1. The molecule has 0 fully saturated rings. The summed E-state index contributed by atoms with van der Waals surface area (Å²) in [4.78, 5) is 13.5. The Morgan fingerprint density at radius 3 is 1.68 bits per heavy atom. The van der Waals surface area contributed by atoms with Crippen molar-refractivity contribution < 1.29 is 15.0 Å². The van der Waals surface area contributed by atoms with Gasteiger partial charge < -0.3 is 10.2 Å². The van der Waals surface area contributed by atoms with E-state index in [1.54, 1.807) is 11.8 Å². The van der Waals surface area contributed by atoms with Crippen LogP contribution >= 0.6 is 0 Å². The summed E-state index contributed by atoms with van der Waals surface area (Å²) in [6.07, 6.45) is 0. The van der Waals surface area contributed by atoms with E-state index in [-0.39, 0.29) is 0 Å². The molecule has 116 valence electrons. The van der Waals surface area contributed by atoms with Crippen LogP contribution in [0.4, 0.5) is 0 Å². The van der Waals surface area contributed by atoms with E-state index in [1.807, 2.05) is 60.7 Å². The van der Waals surface area contributed by atoms with Crippen LogP contribution in [-0.4, -0.2) is 33.2 Å². The number of aliphatic hydroxyl groups is 1. The summed E-state index contributed by atoms with van der Waals surface area (Å²) in [5, 5.41) is 19.2. The quantitative estimate of drug-likeness (QED) is 0.825. The Hall–Kier alpha value is -2.17. The summed E-state index contributed by atoms with van der Waals surface area (Å²) in [5.74, 6) is -1.03. The molecule has 4 nitrogen and oxygen atoms in total. The Morgan fingerprint density at radius 1 is 0.955 bits per heavy atom. The highest BCUT2D eigenvalue weighted by Crippen LogP contribution is 2.22. The summed E-state index contributed by atoms with van der Waals surface area (Å²) in [5.41, 5.74) is 0.699. The van der Waals surface area contributed by atoms with Gasteiger partial charge in [-0.1, -0.05) is 60.7 Å². The highest BCUT2D eigenvalue weighted by molar-refractivity contribution is 5.78. The second kappa shape index (κ2) is 7.20. The van der Waals surface area contributed by atoms with Gasteiger partial charge in [0.15, 0.2) is 0 Å². The molecule has 1 atom stereocenters. The number of hydrogen-bond acceptors (Lipinski definition) is 3. The number of nitrogens with zero attached hydrogens (tertiary/aromatic N) is 1. The van der Waals surface area contributed by atoms with Crippen LogP contribution in [0.5, 0.6) is 0 Å². The zero-order valence-corrected chi connectivity index (χ0v) is 12.6. The van der Waals surface area contributed by atoms with Crippen molar-refractivity contribution in [3.8, 4) is 0 Å². The van der Waals surface area contributed by atoms with Crippen molar-refractivity contribution in [3.63, 3.8) is 0 Å². The molecular weight excluding hydrogens is 278 g/mol. The SMILES string of the molecule is CC(CO)(C(=O)O)N(Cc1ccccc1)Cc1ccccc1. The fourth-order valence-corrected chi connectivity index (χ4v) is 2.32. The Morgan fingerprint density at radius 2 is 1.36 bits per heavy atom. The molecule has 2 aromatic carbocycles. The Bertz CT molecular complexity index is 559. The van der Waals surface area contributed by atoms with Crippen LogP contribution in [0.1, 0.15) is 18.1 Å². The summed E-state index contributed by atoms with van der Waals surface area (Å²) in [6.45, 7) is 2.03. The van der Waals surface area contributed by atoms with E-state index in [0.29, 0.717) is 13.1 Å². The van der Waals surface area contributed by atoms with E-state index in [2.05, 4.69) is 0 Å². The molecule has 0 radical (unpaired) electrons. The van der Waals surface area contributed by atoms with Crippen LogP contribution in [0.2, 0.25) is 0 Å². The van der Waals surface area contributed by atoms with Crippen LogP contribution in [0.25, 0.3) is 0 Å². The second-order valence-electron chi connectivity index (χ2n) is 5.56. The van der Waals surface area contributed by atoms with Gasteiger partial charge >= 0.3 is 5.97 Å². The number of rotatable bonds is 7. The van der Waals surface area contributed by atoms with Gasteiger partial charge in [0.25, 0.3) is 0 Å². The summed E-state index contributed by atoms with van der Waals surface area (Å²) < 4.78 is 0. The summed E-state index contributed by atoms with van der Waals surface area (Å²) >= 11 is 0. The monoisotopic (exact) mass is 299 g/mol. The van der Waals surface area contributed by atoms with Crippen molar-refractivity contribution in [2.75, 3.05) is 6.61 Å². The molecule has 0 saturated carbocycles. The van der Waals surface area contributed by atoms with Crippen LogP contribution < -0.4 is 0 Å². The molecule has 0 amide bonds. The standard InChI is InChI=1S/C18H21NO3/c1-18(14-20,17(21)22)19(12-15-8-4-2-5-9-15)13-16-10-6-3-7-11-16/h2-11,20H,12-14H2,1H3,(H,21,22). The van der Waals surface area contributed by atoms with Crippen LogP contribution in [0.3, 0.4) is 0 Å². The first-order valence-corrected chi connectivity index (χ1v) is 7.23.